The molecule has 1 N–H and O–H groups in total. The molecule has 2 heterocycles. The van der Waals surface area contributed by atoms with Crippen LogP contribution < -0.4 is 0 Å². The zero-order chi connectivity index (χ0) is 12.6. The molecular weight excluding hydrogens is 228 g/mol. The molecule has 0 radical (unpaired) electrons. The number of aryl methyl sites for hydroxylation is 1. The first-order valence-corrected chi connectivity index (χ1v) is 6.46. The maximum Gasteiger partial charge on any atom is 0.0958 e. The number of aromatic nitrogens is 2. The quantitative estimate of drug-likeness (QED) is 0.897. The molecule has 1 saturated heterocycles. The highest BCUT2D eigenvalue weighted by Crippen LogP contribution is 2.27. The Morgan fingerprint density at radius 3 is 3.00 bits per heavy atom. The molecule has 0 bridgehead atoms. The lowest BCUT2D eigenvalue weighted by molar-refractivity contribution is 0.0264. The SMILES string of the molecule is CCn1nc(CC2(O)CCOC2)c2ccccc21. The van der Waals surface area contributed by atoms with Crippen molar-refractivity contribution < 1.29 is 9.84 Å². The molecule has 1 aliphatic rings. The second-order valence-corrected chi connectivity index (χ2v) is 4.98. The number of fused-ring (bicyclic) bond motifs is 1. The van der Waals surface area contributed by atoms with Crippen molar-refractivity contribution >= 4 is 10.9 Å². The van der Waals surface area contributed by atoms with Crippen molar-refractivity contribution in [3.63, 3.8) is 0 Å². The van der Waals surface area contributed by atoms with E-state index in [0.717, 1.165) is 23.1 Å². The van der Waals surface area contributed by atoms with Gasteiger partial charge in [0, 0.05) is 31.4 Å². The molecule has 4 heteroatoms. The normalized spacial score (nSPS) is 23.9. The Morgan fingerprint density at radius 1 is 1.44 bits per heavy atom. The van der Waals surface area contributed by atoms with Gasteiger partial charge in [-0.05, 0) is 13.0 Å². The van der Waals surface area contributed by atoms with Gasteiger partial charge in [0.15, 0.2) is 0 Å². The summed E-state index contributed by atoms with van der Waals surface area (Å²) in [6, 6.07) is 8.18. The number of rotatable bonds is 3. The summed E-state index contributed by atoms with van der Waals surface area (Å²) in [4.78, 5) is 0. The van der Waals surface area contributed by atoms with Gasteiger partial charge in [0.05, 0.1) is 23.4 Å². The predicted octanol–water partition coefficient (Wildman–Crippen LogP) is 1.75. The van der Waals surface area contributed by atoms with Gasteiger partial charge in [-0.1, -0.05) is 18.2 Å². The molecule has 4 nitrogen and oxygen atoms in total. The van der Waals surface area contributed by atoms with Crippen molar-refractivity contribution in [2.75, 3.05) is 13.2 Å². The van der Waals surface area contributed by atoms with Crippen LogP contribution in [0.3, 0.4) is 0 Å². The van der Waals surface area contributed by atoms with Crippen LogP contribution in [0, 0.1) is 0 Å². The van der Waals surface area contributed by atoms with Crippen molar-refractivity contribution in [3.05, 3.63) is 30.0 Å². The van der Waals surface area contributed by atoms with Crippen molar-refractivity contribution in [3.8, 4) is 0 Å². The molecule has 1 aromatic carbocycles. The Morgan fingerprint density at radius 2 is 2.28 bits per heavy atom. The van der Waals surface area contributed by atoms with Crippen LogP contribution in [0.1, 0.15) is 19.0 Å². The summed E-state index contributed by atoms with van der Waals surface area (Å²) < 4.78 is 7.28. The van der Waals surface area contributed by atoms with E-state index in [-0.39, 0.29) is 0 Å². The first kappa shape index (κ1) is 11.7. The summed E-state index contributed by atoms with van der Waals surface area (Å²) in [7, 11) is 0. The summed E-state index contributed by atoms with van der Waals surface area (Å²) in [5.74, 6) is 0. The number of nitrogens with zero attached hydrogens (tertiary/aromatic N) is 2. The molecule has 1 aliphatic heterocycles. The lowest BCUT2D eigenvalue weighted by Gasteiger charge is -2.18. The van der Waals surface area contributed by atoms with E-state index in [4.69, 9.17) is 4.74 Å². The fraction of sp³-hybridized carbons (Fsp3) is 0.500. The minimum atomic E-state index is -0.740. The molecule has 0 amide bonds. The van der Waals surface area contributed by atoms with Gasteiger partial charge >= 0.3 is 0 Å². The zero-order valence-electron chi connectivity index (χ0n) is 10.6. The molecule has 96 valence electrons. The number of benzene rings is 1. The lowest BCUT2D eigenvalue weighted by Crippen LogP contribution is -2.31. The Kier molecular flexibility index (Phi) is 2.84. The third-order valence-electron chi connectivity index (χ3n) is 3.61. The lowest BCUT2D eigenvalue weighted by atomic mass is 9.95. The van der Waals surface area contributed by atoms with Crippen LogP contribution in [0.4, 0.5) is 0 Å². The van der Waals surface area contributed by atoms with E-state index in [1.165, 1.54) is 0 Å². The van der Waals surface area contributed by atoms with Crippen LogP contribution in [0.5, 0.6) is 0 Å². The van der Waals surface area contributed by atoms with Crippen LogP contribution in [0.2, 0.25) is 0 Å². The molecule has 1 fully saturated rings. The van der Waals surface area contributed by atoms with Crippen LogP contribution in [-0.2, 0) is 17.7 Å². The second kappa shape index (κ2) is 4.37. The summed E-state index contributed by atoms with van der Waals surface area (Å²) in [6.45, 7) is 3.98. The Labute approximate surface area is 106 Å². The Balaban J connectivity index is 2.01. The maximum atomic E-state index is 10.4. The number of ether oxygens (including phenoxy) is 1. The van der Waals surface area contributed by atoms with E-state index in [0.29, 0.717) is 26.1 Å². The Bertz CT molecular complexity index is 556. The average Bonchev–Trinajstić information content (AvgIpc) is 2.95. The zero-order valence-corrected chi connectivity index (χ0v) is 10.6. The molecule has 3 rings (SSSR count). The highest BCUT2D eigenvalue weighted by Gasteiger charge is 2.33. The maximum absolute atomic E-state index is 10.4. The first-order chi connectivity index (χ1) is 8.72. The topological polar surface area (TPSA) is 47.3 Å². The van der Waals surface area contributed by atoms with Crippen LogP contribution in [0.25, 0.3) is 10.9 Å². The standard InChI is InChI=1S/C14H18N2O2/c1-2-16-13-6-4-3-5-11(13)12(15-16)9-14(17)7-8-18-10-14/h3-6,17H,2,7-10H2,1H3. The largest absolute Gasteiger partial charge is 0.387 e. The fourth-order valence-electron chi connectivity index (χ4n) is 2.62. The Hall–Kier alpha value is -1.39. The van der Waals surface area contributed by atoms with E-state index in [2.05, 4.69) is 24.2 Å². The van der Waals surface area contributed by atoms with E-state index in [9.17, 15) is 5.11 Å². The van der Waals surface area contributed by atoms with Crippen LogP contribution >= 0.6 is 0 Å². The van der Waals surface area contributed by atoms with Crippen molar-refractivity contribution in [1.29, 1.82) is 0 Å². The number of hydrogen-bond acceptors (Lipinski definition) is 3. The van der Waals surface area contributed by atoms with Crippen molar-refractivity contribution in [2.45, 2.75) is 31.9 Å². The predicted molar refractivity (Wildman–Crippen MR) is 69.5 cm³/mol. The number of para-hydroxylation sites is 1. The van der Waals surface area contributed by atoms with E-state index in [1.807, 2.05) is 16.8 Å². The minimum absolute atomic E-state index is 0.417. The molecule has 1 aromatic heterocycles. The van der Waals surface area contributed by atoms with Gasteiger partial charge in [-0.3, -0.25) is 4.68 Å². The summed E-state index contributed by atoms with van der Waals surface area (Å²) in [6.07, 6.45) is 1.26. The summed E-state index contributed by atoms with van der Waals surface area (Å²) >= 11 is 0. The number of aliphatic hydroxyl groups is 1. The van der Waals surface area contributed by atoms with E-state index >= 15 is 0 Å². The number of hydrogen-bond donors (Lipinski definition) is 1. The monoisotopic (exact) mass is 246 g/mol. The first-order valence-electron chi connectivity index (χ1n) is 6.46. The highest BCUT2D eigenvalue weighted by molar-refractivity contribution is 5.82. The van der Waals surface area contributed by atoms with Gasteiger partial charge in [0.25, 0.3) is 0 Å². The molecule has 18 heavy (non-hydrogen) atoms. The third-order valence-corrected chi connectivity index (χ3v) is 3.61. The van der Waals surface area contributed by atoms with Crippen LogP contribution in [0.15, 0.2) is 24.3 Å². The molecule has 0 aliphatic carbocycles. The second-order valence-electron chi connectivity index (χ2n) is 4.98. The van der Waals surface area contributed by atoms with Crippen LogP contribution in [-0.4, -0.2) is 33.7 Å². The highest BCUT2D eigenvalue weighted by atomic mass is 16.5. The van der Waals surface area contributed by atoms with Crippen molar-refractivity contribution in [2.24, 2.45) is 0 Å². The molecule has 1 unspecified atom stereocenters. The van der Waals surface area contributed by atoms with E-state index < -0.39 is 5.60 Å². The van der Waals surface area contributed by atoms with Gasteiger partial charge in [-0.15, -0.1) is 0 Å². The fourth-order valence-corrected chi connectivity index (χ4v) is 2.62. The molecular formula is C14H18N2O2. The molecule has 1 atom stereocenters. The van der Waals surface area contributed by atoms with E-state index in [1.54, 1.807) is 0 Å². The average molecular weight is 246 g/mol. The minimum Gasteiger partial charge on any atom is -0.387 e. The van der Waals surface area contributed by atoms with Gasteiger partial charge in [0.1, 0.15) is 0 Å². The van der Waals surface area contributed by atoms with Gasteiger partial charge < -0.3 is 9.84 Å². The molecule has 0 spiro atoms. The molecule has 0 saturated carbocycles. The van der Waals surface area contributed by atoms with Gasteiger partial charge in [-0.2, -0.15) is 5.10 Å². The van der Waals surface area contributed by atoms with Gasteiger partial charge in [0.2, 0.25) is 0 Å². The van der Waals surface area contributed by atoms with Gasteiger partial charge in [-0.25, -0.2) is 0 Å². The third kappa shape index (κ3) is 1.91. The molecule has 2 aromatic rings. The van der Waals surface area contributed by atoms with Crippen molar-refractivity contribution in [1.82, 2.24) is 9.78 Å². The summed E-state index contributed by atoms with van der Waals surface area (Å²) in [5, 5.41) is 16.2. The summed E-state index contributed by atoms with van der Waals surface area (Å²) in [5.41, 5.74) is 1.37. The smallest absolute Gasteiger partial charge is 0.0958 e.